The summed E-state index contributed by atoms with van der Waals surface area (Å²) in [6.45, 7) is 2.78. The maximum Gasteiger partial charge on any atom is 0.319 e. The summed E-state index contributed by atoms with van der Waals surface area (Å²) in [6, 6.07) is 14.7. The molecule has 0 bridgehead atoms. The highest BCUT2D eigenvalue weighted by molar-refractivity contribution is 7.89. The first-order chi connectivity index (χ1) is 14.9. The molecule has 8 nitrogen and oxygen atoms in total. The first kappa shape index (κ1) is 23.2. The number of methoxy groups -OCH3 is 1. The number of piperazine rings is 1. The van der Waals surface area contributed by atoms with Crippen LogP contribution in [0.2, 0.25) is 0 Å². The van der Waals surface area contributed by atoms with Crippen molar-refractivity contribution in [3.05, 3.63) is 59.7 Å². The van der Waals surface area contributed by atoms with Gasteiger partial charge in [-0.1, -0.05) is 36.4 Å². The van der Waals surface area contributed by atoms with Crippen LogP contribution in [-0.2, 0) is 32.7 Å². The Morgan fingerprint density at radius 1 is 1.06 bits per heavy atom. The SMILES string of the molecule is COC(=O)CNCc1ccc(OCc2ccccc2)cc1S(=O)(=O)N1CCN(C)CC1. The first-order valence-electron chi connectivity index (χ1n) is 10.2. The normalized spacial score (nSPS) is 15.5. The number of carbonyl (C=O) groups excluding carboxylic acids is 1. The van der Waals surface area contributed by atoms with Gasteiger partial charge in [-0.2, -0.15) is 4.31 Å². The summed E-state index contributed by atoms with van der Waals surface area (Å²) in [6.07, 6.45) is 0. The van der Waals surface area contributed by atoms with Crippen LogP contribution in [0, 0.1) is 0 Å². The maximum atomic E-state index is 13.4. The quantitative estimate of drug-likeness (QED) is 0.583. The van der Waals surface area contributed by atoms with Gasteiger partial charge in [0.05, 0.1) is 18.6 Å². The number of benzene rings is 2. The topological polar surface area (TPSA) is 88.2 Å². The molecule has 2 aromatic carbocycles. The molecule has 0 saturated carbocycles. The lowest BCUT2D eigenvalue weighted by Crippen LogP contribution is -2.47. The second-order valence-electron chi connectivity index (χ2n) is 7.43. The number of rotatable bonds is 9. The first-order valence-corrected chi connectivity index (χ1v) is 11.6. The average Bonchev–Trinajstić information content (AvgIpc) is 2.79. The van der Waals surface area contributed by atoms with Gasteiger partial charge in [-0.3, -0.25) is 4.79 Å². The Labute approximate surface area is 183 Å². The van der Waals surface area contributed by atoms with Gasteiger partial charge < -0.3 is 19.7 Å². The smallest absolute Gasteiger partial charge is 0.319 e. The number of likely N-dealkylation sites (N-methyl/N-ethyl adjacent to an activating group) is 1. The number of hydrogen-bond acceptors (Lipinski definition) is 7. The van der Waals surface area contributed by atoms with Crippen molar-refractivity contribution in [1.29, 1.82) is 0 Å². The van der Waals surface area contributed by atoms with E-state index in [4.69, 9.17) is 4.74 Å². The van der Waals surface area contributed by atoms with Gasteiger partial charge in [-0.15, -0.1) is 0 Å². The zero-order chi connectivity index (χ0) is 22.3. The van der Waals surface area contributed by atoms with E-state index in [1.54, 1.807) is 18.2 Å². The minimum atomic E-state index is -3.71. The highest BCUT2D eigenvalue weighted by Crippen LogP contribution is 2.27. The molecule has 0 aromatic heterocycles. The number of hydrogen-bond donors (Lipinski definition) is 1. The Morgan fingerprint density at radius 3 is 2.45 bits per heavy atom. The van der Waals surface area contributed by atoms with Gasteiger partial charge >= 0.3 is 5.97 Å². The molecule has 1 fully saturated rings. The number of nitrogens with zero attached hydrogens (tertiary/aromatic N) is 2. The minimum Gasteiger partial charge on any atom is -0.489 e. The van der Waals surface area contributed by atoms with Crippen molar-refractivity contribution in [2.45, 2.75) is 18.0 Å². The fraction of sp³-hybridized carbons (Fsp3) is 0.409. The number of carbonyl (C=O) groups is 1. The lowest BCUT2D eigenvalue weighted by molar-refractivity contribution is -0.139. The van der Waals surface area contributed by atoms with E-state index >= 15 is 0 Å². The fourth-order valence-corrected chi connectivity index (χ4v) is 4.95. The van der Waals surface area contributed by atoms with E-state index in [0.29, 0.717) is 44.1 Å². The van der Waals surface area contributed by atoms with Gasteiger partial charge in [0.2, 0.25) is 10.0 Å². The van der Waals surface area contributed by atoms with Crippen molar-refractivity contribution >= 4 is 16.0 Å². The van der Waals surface area contributed by atoms with Crippen LogP contribution in [0.3, 0.4) is 0 Å². The van der Waals surface area contributed by atoms with E-state index in [1.165, 1.54) is 11.4 Å². The predicted molar refractivity (Wildman–Crippen MR) is 117 cm³/mol. The summed E-state index contributed by atoms with van der Waals surface area (Å²) in [4.78, 5) is 13.7. The summed E-state index contributed by atoms with van der Waals surface area (Å²) in [7, 11) is -0.419. The summed E-state index contributed by atoms with van der Waals surface area (Å²) in [5, 5.41) is 2.95. The predicted octanol–water partition coefficient (Wildman–Crippen LogP) is 1.46. The molecule has 0 spiro atoms. The minimum absolute atomic E-state index is 0.00322. The van der Waals surface area contributed by atoms with E-state index in [-0.39, 0.29) is 18.0 Å². The van der Waals surface area contributed by atoms with Gasteiger partial charge in [-0.05, 0) is 24.2 Å². The molecule has 0 amide bonds. The highest BCUT2D eigenvalue weighted by Gasteiger charge is 2.30. The van der Waals surface area contributed by atoms with Crippen LogP contribution in [0.5, 0.6) is 5.75 Å². The van der Waals surface area contributed by atoms with Crippen molar-refractivity contribution in [3.8, 4) is 5.75 Å². The Hall–Kier alpha value is -2.46. The van der Waals surface area contributed by atoms with Crippen molar-refractivity contribution in [2.24, 2.45) is 0 Å². The van der Waals surface area contributed by atoms with Gasteiger partial charge in [0, 0.05) is 38.8 Å². The van der Waals surface area contributed by atoms with Gasteiger partial charge in [0.15, 0.2) is 0 Å². The van der Waals surface area contributed by atoms with E-state index in [0.717, 1.165) is 5.56 Å². The monoisotopic (exact) mass is 447 g/mol. The largest absolute Gasteiger partial charge is 0.489 e. The van der Waals surface area contributed by atoms with E-state index in [2.05, 4.69) is 15.0 Å². The van der Waals surface area contributed by atoms with Crippen molar-refractivity contribution in [2.75, 3.05) is 46.9 Å². The van der Waals surface area contributed by atoms with Crippen molar-refractivity contribution in [3.63, 3.8) is 0 Å². The van der Waals surface area contributed by atoms with E-state index in [1.807, 2.05) is 37.4 Å². The maximum absolute atomic E-state index is 13.4. The molecule has 0 atom stereocenters. The summed E-state index contributed by atoms with van der Waals surface area (Å²) in [5.41, 5.74) is 1.57. The number of esters is 1. The molecule has 31 heavy (non-hydrogen) atoms. The highest BCUT2D eigenvalue weighted by atomic mass is 32.2. The fourth-order valence-electron chi connectivity index (χ4n) is 3.29. The molecule has 3 rings (SSSR count). The second-order valence-corrected chi connectivity index (χ2v) is 9.34. The molecule has 1 aliphatic heterocycles. The van der Waals surface area contributed by atoms with E-state index < -0.39 is 16.0 Å². The second kappa shape index (κ2) is 10.7. The summed E-state index contributed by atoms with van der Waals surface area (Å²) < 4.78 is 38.9. The summed E-state index contributed by atoms with van der Waals surface area (Å²) >= 11 is 0. The molecule has 0 unspecified atom stereocenters. The molecule has 0 radical (unpaired) electrons. The molecule has 9 heteroatoms. The Balaban J connectivity index is 1.83. The zero-order valence-electron chi connectivity index (χ0n) is 17.9. The average molecular weight is 448 g/mol. The molecule has 1 heterocycles. The van der Waals surface area contributed by atoms with Crippen LogP contribution in [0.25, 0.3) is 0 Å². The molecular weight excluding hydrogens is 418 g/mol. The van der Waals surface area contributed by atoms with Gasteiger partial charge in [-0.25, -0.2) is 8.42 Å². The van der Waals surface area contributed by atoms with Crippen LogP contribution in [0.1, 0.15) is 11.1 Å². The third-order valence-electron chi connectivity index (χ3n) is 5.18. The number of sulfonamides is 1. The van der Waals surface area contributed by atoms with Crippen LogP contribution in [0.4, 0.5) is 0 Å². The van der Waals surface area contributed by atoms with Gasteiger partial charge in [0.25, 0.3) is 0 Å². The number of ether oxygens (including phenoxy) is 2. The van der Waals surface area contributed by atoms with Crippen LogP contribution >= 0.6 is 0 Å². The van der Waals surface area contributed by atoms with Crippen LogP contribution in [0.15, 0.2) is 53.4 Å². The molecular formula is C22H29N3O5S. The summed E-state index contributed by atoms with van der Waals surface area (Å²) in [5.74, 6) is 0.0690. The standard InChI is InChI=1S/C22H29N3O5S/c1-24-10-12-25(13-11-24)31(27,28)21-14-20(30-17-18-6-4-3-5-7-18)9-8-19(21)15-23-16-22(26)29-2/h3-9,14,23H,10-13,15-17H2,1-2H3. The Bertz CT molecular complexity index is 974. The molecule has 2 aromatic rings. The molecule has 1 saturated heterocycles. The third kappa shape index (κ3) is 6.27. The lowest BCUT2D eigenvalue weighted by atomic mass is 10.2. The molecule has 1 N–H and O–H groups in total. The Kier molecular flexibility index (Phi) is 8.03. The number of nitrogens with one attached hydrogen (secondary N) is 1. The van der Waals surface area contributed by atoms with Crippen molar-refractivity contribution in [1.82, 2.24) is 14.5 Å². The van der Waals surface area contributed by atoms with Crippen molar-refractivity contribution < 1.29 is 22.7 Å². The lowest BCUT2D eigenvalue weighted by Gasteiger charge is -2.32. The molecule has 0 aliphatic carbocycles. The van der Waals surface area contributed by atoms with Gasteiger partial charge in [0.1, 0.15) is 12.4 Å². The molecule has 168 valence electrons. The molecule has 1 aliphatic rings. The zero-order valence-corrected chi connectivity index (χ0v) is 18.7. The van der Waals surface area contributed by atoms with E-state index in [9.17, 15) is 13.2 Å². The van der Waals surface area contributed by atoms with Crippen LogP contribution < -0.4 is 10.1 Å². The Morgan fingerprint density at radius 2 is 1.77 bits per heavy atom. The van der Waals surface area contributed by atoms with Crippen LogP contribution in [-0.4, -0.2) is 70.5 Å². The third-order valence-corrected chi connectivity index (χ3v) is 7.16.